The minimum Gasteiger partial charge on any atom is -0.324 e. The lowest BCUT2D eigenvalue weighted by Gasteiger charge is -2.23. The first-order chi connectivity index (χ1) is 10.7. The SMILES string of the molecule is O=C(CCN1CCC[C@H]1c1cccs1)Nc1ccccc1F. The van der Waals surface area contributed by atoms with Crippen LogP contribution in [-0.2, 0) is 4.79 Å². The molecule has 3 nitrogen and oxygen atoms in total. The third kappa shape index (κ3) is 3.54. The van der Waals surface area contributed by atoms with E-state index in [2.05, 4.69) is 27.7 Å². The van der Waals surface area contributed by atoms with Crippen LogP contribution in [-0.4, -0.2) is 23.9 Å². The number of halogens is 1. The van der Waals surface area contributed by atoms with Crippen LogP contribution >= 0.6 is 11.3 Å². The van der Waals surface area contributed by atoms with Crippen LogP contribution in [0.4, 0.5) is 10.1 Å². The molecule has 1 fully saturated rings. The summed E-state index contributed by atoms with van der Waals surface area (Å²) < 4.78 is 13.5. The number of hydrogen-bond acceptors (Lipinski definition) is 3. The van der Waals surface area contributed by atoms with Crippen LogP contribution in [0.2, 0.25) is 0 Å². The second kappa shape index (κ2) is 7.03. The Hall–Kier alpha value is -1.72. The van der Waals surface area contributed by atoms with E-state index in [0.29, 0.717) is 19.0 Å². The predicted molar refractivity (Wildman–Crippen MR) is 87.5 cm³/mol. The zero-order valence-electron chi connectivity index (χ0n) is 12.3. The monoisotopic (exact) mass is 318 g/mol. The van der Waals surface area contributed by atoms with Crippen molar-refractivity contribution in [3.63, 3.8) is 0 Å². The number of likely N-dealkylation sites (tertiary alicyclic amines) is 1. The first-order valence-electron chi connectivity index (χ1n) is 7.56. The number of carbonyl (C=O) groups is 1. The summed E-state index contributed by atoms with van der Waals surface area (Å²) in [5.41, 5.74) is 0.253. The largest absolute Gasteiger partial charge is 0.324 e. The van der Waals surface area contributed by atoms with E-state index in [1.54, 1.807) is 29.5 Å². The van der Waals surface area contributed by atoms with Gasteiger partial charge in [-0.25, -0.2) is 4.39 Å². The number of carbonyl (C=O) groups excluding carboxylic acids is 1. The van der Waals surface area contributed by atoms with Crippen LogP contribution in [0.5, 0.6) is 0 Å². The molecule has 5 heteroatoms. The number of nitrogens with one attached hydrogen (secondary N) is 1. The van der Waals surface area contributed by atoms with Crippen molar-refractivity contribution in [1.29, 1.82) is 0 Å². The first-order valence-corrected chi connectivity index (χ1v) is 8.44. The standard InChI is InChI=1S/C17H19FN2OS/c18-13-5-1-2-6-14(13)19-17(21)9-11-20-10-3-7-15(20)16-8-4-12-22-16/h1-2,4-6,8,12,15H,3,7,9-11H2,(H,19,21)/t15-/m0/s1. The fourth-order valence-corrected chi connectivity index (χ4v) is 3.81. The highest BCUT2D eigenvalue weighted by Crippen LogP contribution is 2.34. The van der Waals surface area contributed by atoms with Gasteiger partial charge < -0.3 is 5.32 Å². The lowest BCUT2D eigenvalue weighted by molar-refractivity contribution is -0.116. The highest BCUT2D eigenvalue weighted by atomic mass is 32.1. The molecule has 1 aliphatic heterocycles. The van der Waals surface area contributed by atoms with Gasteiger partial charge in [-0.15, -0.1) is 11.3 Å². The molecule has 3 rings (SSSR count). The normalized spacial score (nSPS) is 18.5. The Balaban J connectivity index is 1.54. The molecule has 2 aromatic rings. The fraction of sp³-hybridized carbons (Fsp3) is 0.353. The van der Waals surface area contributed by atoms with Gasteiger partial charge in [0.05, 0.1) is 5.69 Å². The van der Waals surface area contributed by atoms with Gasteiger partial charge in [0, 0.05) is 23.9 Å². The van der Waals surface area contributed by atoms with Gasteiger partial charge in [0.15, 0.2) is 0 Å². The third-order valence-corrected chi connectivity index (χ3v) is 4.98. The third-order valence-electron chi connectivity index (χ3n) is 4.01. The van der Waals surface area contributed by atoms with Crippen LogP contribution in [0.1, 0.15) is 30.2 Å². The molecule has 1 aliphatic rings. The molecule has 0 aliphatic carbocycles. The highest BCUT2D eigenvalue weighted by Gasteiger charge is 2.26. The summed E-state index contributed by atoms with van der Waals surface area (Å²) in [4.78, 5) is 15.7. The van der Waals surface area contributed by atoms with E-state index in [1.807, 2.05) is 0 Å². The van der Waals surface area contributed by atoms with Crippen molar-refractivity contribution in [2.24, 2.45) is 0 Å². The van der Waals surface area contributed by atoms with Gasteiger partial charge in [-0.1, -0.05) is 18.2 Å². The number of para-hydroxylation sites is 1. The second-order valence-corrected chi connectivity index (χ2v) is 6.47. The lowest BCUT2D eigenvalue weighted by Crippen LogP contribution is -2.27. The molecule has 1 atom stereocenters. The van der Waals surface area contributed by atoms with Gasteiger partial charge in [0.25, 0.3) is 0 Å². The van der Waals surface area contributed by atoms with E-state index in [9.17, 15) is 9.18 Å². The van der Waals surface area contributed by atoms with Crippen molar-refractivity contribution in [2.75, 3.05) is 18.4 Å². The Morgan fingerprint density at radius 3 is 2.95 bits per heavy atom. The summed E-state index contributed by atoms with van der Waals surface area (Å²) in [5, 5.41) is 4.74. The Morgan fingerprint density at radius 1 is 1.32 bits per heavy atom. The molecule has 0 bridgehead atoms. The molecule has 1 saturated heterocycles. The van der Waals surface area contributed by atoms with Crippen molar-refractivity contribution in [2.45, 2.75) is 25.3 Å². The van der Waals surface area contributed by atoms with E-state index in [1.165, 1.54) is 10.9 Å². The number of amides is 1. The summed E-state index contributed by atoms with van der Waals surface area (Å²) in [7, 11) is 0. The average molecular weight is 318 g/mol. The number of thiophene rings is 1. The minimum absolute atomic E-state index is 0.137. The van der Waals surface area contributed by atoms with E-state index in [-0.39, 0.29) is 11.6 Å². The maximum absolute atomic E-state index is 13.5. The van der Waals surface area contributed by atoms with Gasteiger partial charge in [-0.3, -0.25) is 9.69 Å². The molecule has 1 amide bonds. The van der Waals surface area contributed by atoms with Crippen molar-refractivity contribution in [3.05, 3.63) is 52.5 Å². The van der Waals surface area contributed by atoms with Crippen LogP contribution in [0.3, 0.4) is 0 Å². The van der Waals surface area contributed by atoms with Crippen LogP contribution in [0, 0.1) is 5.82 Å². The van der Waals surface area contributed by atoms with Crippen LogP contribution in [0.25, 0.3) is 0 Å². The predicted octanol–water partition coefficient (Wildman–Crippen LogP) is 4.05. The zero-order chi connectivity index (χ0) is 15.4. The maximum Gasteiger partial charge on any atom is 0.225 e. The van der Waals surface area contributed by atoms with Gasteiger partial charge in [0.2, 0.25) is 5.91 Å². The van der Waals surface area contributed by atoms with Gasteiger partial charge in [-0.2, -0.15) is 0 Å². The first kappa shape index (κ1) is 15.2. The summed E-state index contributed by atoms with van der Waals surface area (Å²) in [6.45, 7) is 1.73. The fourth-order valence-electron chi connectivity index (χ4n) is 2.92. The molecule has 1 aromatic carbocycles. The number of rotatable bonds is 5. The van der Waals surface area contributed by atoms with Crippen LogP contribution < -0.4 is 5.32 Å². The summed E-state index contributed by atoms with van der Waals surface area (Å²) >= 11 is 1.77. The Morgan fingerprint density at radius 2 is 2.18 bits per heavy atom. The highest BCUT2D eigenvalue weighted by molar-refractivity contribution is 7.10. The van der Waals surface area contributed by atoms with Crippen LogP contribution in [0.15, 0.2) is 41.8 Å². The molecule has 116 valence electrons. The van der Waals surface area contributed by atoms with E-state index >= 15 is 0 Å². The molecule has 0 unspecified atom stereocenters. The molecular weight excluding hydrogens is 299 g/mol. The lowest BCUT2D eigenvalue weighted by atomic mass is 10.2. The van der Waals surface area contributed by atoms with Crippen molar-refractivity contribution in [3.8, 4) is 0 Å². The molecular formula is C17H19FN2OS. The average Bonchev–Trinajstić information content (AvgIpc) is 3.18. The quantitative estimate of drug-likeness (QED) is 0.902. The summed E-state index contributed by atoms with van der Waals surface area (Å²) in [6.07, 6.45) is 2.70. The van der Waals surface area contributed by atoms with E-state index in [4.69, 9.17) is 0 Å². The molecule has 22 heavy (non-hydrogen) atoms. The molecule has 1 N–H and O–H groups in total. The van der Waals surface area contributed by atoms with Gasteiger partial charge >= 0.3 is 0 Å². The zero-order valence-corrected chi connectivity index (χ0v) is 13.1. The number of nitrogens with zero attached hydrogens (tertiary/aromatic N) is 1. The van der Waals surface area contributed by atoms with Crippen molar-refractivity contribution in [1.82, 2.24) is 4.90 Å². The topological polar surface area (TPSA) is 32.3 Å². The Labute approximate surface area is 133 Å². The summed E-state index contributed by atoms with van der Waals surface area (Å²) in [5.74, 6) is -0.532. The van der Waals surface area contributed by atoms with Gasteiger partial charge in [-0.05, 0) is 43.0 Å². The van der Waals surface area contributed by atoms with E-state index < -0.39 is 5.82 Å². The smallest absolute Gasteiger partial charge is 0.225 e. The summed E-state index contributed by atoms with van der Waals surface area (Å²) in [6, 6.07) is 10.9. The molecule has 2 heterocycles. The van der Waals surface area contributed by atoms with E-state index in [0.717, 1.165) is 19.4 Å². The Kier molecular flexibility index (Phi) is 4.85. The van der Waals surface area contributed by atoms with Crippen molar-refractivity contribution >= 4 is 22.9 Å². The number of anilines is 1. The molecule has 1 aromatic heterocycles. The number of hydrogen-bond donors (Lipinski definition) is 1. The van der Waals surface area contributed by atoms with Gasteiger partial charge in [0.1, 0.15) is 5.82 Å². The number of benzene rings is 1. The van der Waals surface area contributed by atoms with Crippen molar-refractivity contribution < 1.29 is 9.18 Å². The second-order valence-electron chi connectivity index (χ2n) is 5.49. The Bertz CT molecular complexity index is 629. The minimum atomic E-state index is -0.395. The molecule has 0 saturated carbocycles. The molecule has 0 spiro atoms. The molecule has 0 radical (unpaired) electrons. The maximum atomic E-state index is 13.5.